The molecule has 1 aliphatic heterocycles. The SMILES string of the molecule is CC(C)OCCCCNC(=O)N1CCCC1. The van der Waals surface area contributed by atoms with Crippen LogP contribution >= 0.6 is 0 Å². The summed E-state index contributed by atoms with van der Waals surface area (Å²) < 4.78 is 5.43. The molecule has 0 aromatic carbocycles. The van der Waals surface area contributed by atoms with E-state index in [1.807, 2.05) is 18.7 Å². The molecule has 0 aliphatic carbocycles. The van der Waals surface area contributed by atoms with E-state index in [9.17, 15) is 4.79 Å². The van der Waals surface area contributed by atoms with Crippen molar-refractivity contribution < 1.29 is 9.53 Å². The molecule has 4 nitrogen and oxygen atoms in total. The lowest BCUT2D eigenvalue weighted by Gasteiger charge is -2.16. The van der Waals surface area contributed by atoms with Gasteiger partial charge in [0.1, 0.15) is 0 Å². The molecule has 1 N–H and O–H groups in total. The molecule has 1 fully saturated rings. The number of hydrogen-bond acceptors (Lipinski definition) is 2. The highest BCUT2D eigenvalue weighted by Crippen LogP contribution is 2.06. The number of hydrogen-bond donors (Lipinski definition) is 1. The number of nitrogens with one attached hydrogen (secondary N) is 1. The minimum absolute atomic E-state index is 0.0993. The van der Waals surface area contributed by atoms with E-state index in [4.69, 9.17) is 4.74 Å². The lowest BCUT2D eigenvalue weighted by Crippen LogP contribution is -2.38. The average Bonchev–Trinajstić information content (AvgIpc) is 2.75. The van der Waals surface area contributed by atoms with Crippen LogP contribution in [0, 0.1) is 0 Å². The highest BCUT2D eigenvalue weighted by atomic mass is 16.5. The monoisotopic (exact) mass is 228 g/mol. The second-order valence-corrected chi connectivity index (χ2v) is 4.55. The van der Waals surface area contributed by atoms with E-state index in [0.717, 1.165) is 51.9 Å². The third kappa shape index (κ3) is 5.35. The van der Waals surface area contributed by atoms with E-state index in [0.29, 0.717) is 6.10 Å². The van der Waals surface area contributed by atoms with Crippen molar-refractivity contribution in [3.05, 3.63) is 0 Å². The van der Waals surface area contributed by atoms with Gasteiger partial charge in [0.25, 0.3) is 0 Å². The molecule has 0 saturated carbocycles. The van der Waals surface area contributed by atoms with Crippen molar-refractivity contribution in [2.24, 2.45) is 0 Å². The van der Waals surface area contributed by atoms with E-state index in [-0.39, 0.29) is 6.03 Å². The van der Waals surface area contributed by atoms with Crippen LogP contribution in [0.1, 0.15) is 39.5 Å². The molecule has 0 atom stereocenters. The van der Waals surface area contributed by atoms with E-state index in [2.05, 4.69) is 5.32 Å². The standard InChI is InChI=1S/C12H24N2O2/c1-11(2)16-10-6-3-7-13-12(15)14-8-4-5-9-14/h11H,3-10H2,1-2H3,(H,13,15). The molecule has 94 valence electrons. The molecule has 0 unspecified atom stereocenters. The van der Waals surface area contributed by atoms with E-state index >= 15 is 0 Å². The zero-order valence-electron chi connectivity index (χ0n) is 10.5. The number of unbranched alkanes of at least 4 members (excludes halogenated alkanes) is 1. The molecule has 0 spiro atoms. The fraction of sp³-hybridized carbons (Fsp3) is 0.917. The largest absolute Gasteiger partial charge is 0.379 e. The number of likely N-dealkylation sites (tertiary alicyclic amines) is 1. The highest BCUT2D eigenvalue weighted by molar-refractivity contribution is 5.74. The molecule has 1 saturated heterocycles. The van der Waals surface area contributed by atoms with Crippen LogP contribution in [0.15, 0.2) is 0 Å². The van der Waals surface area contributed by atoms with Gasteiger partial charge >= 0.3 is 6.03 Å². The predicted molar refractivity (Wildman–Crippen MR) is 64.5 cm³/mol. The van der Waals surface area contributed by atoms with Gasteiger partial charge in [0.15, 0.2) is 0 Å². The molecule has 1 rings (SSSR count). The molecular formula is C12H24N2O2. The third-order valence-corrected chi connectivity index (χ3v) is 2.69. The Morgan fingerprint density at radius 1 is 1.31 bits per heavy atom. The van der Waals surface area contributed by atoms with Gasteiger partial charge in [-0.1, -0.05) is 0 Å². The number of ether oxygens (including phenoxy) is 1. The summed E-state index contributed by atoms with van der Waals surface area (Å²) in [5, 5.41) is 2.94. The van der Waals surface area contributed by atoms with Gasteiger partial charge in [0.05, 0.1) is 6.10 Å². The number of carbonyl (C=O) groups excluding carboxylic acids is 1. The van der Waals surface area contributed by atoms with Gasteiger partial charge in [-0.2, -0.15) is 0 Å². The van der Waals surface area contributed by atoms with Crippen molar-refractivity contribution in [1.29, 1.82) is 0 Å². The van der Waals surface area contributed by atoms with Crippen LogP contribution in [0.5, 0.6) is 0 Å². The topological polar surface area (TPSA) is 41.6 Å². The fourth-order valence-electron chi connectivity index (χ4n) is 1.77. The quantitative estimate of drug-likeness (QED) is 0.706. The van der Waals surface area contributed by atoms with Gasteiger partial charge in [0.2, 0.25) is 0 Å². The first-order chi connectivity index (χ1) is 7.70. The maximum absolute atomic E-state index is 11.6. The van der Waals surface area contributed by atoms with Crippen molar-refractivity contribution in [2.45, 2.75) is 45.6 Å². The normalized spacial score (nSPS) is 15.8. The molecule has 16 heavy (non-hydrogen) atoms. The number of urea groups is 1. The molecule has 0 bridgehead atoms. The Hall–Kier alpha value is -0.770. The first kappa shape index (κ1) is 13.3. The van der Waals surface area contributed by atoms with E-state index in [1.54, 1.807) is 0 Å². The van der Waals surface area contributed by atoms with Gasteiger partial charge in [-0.25, -0.2) is 4.79 Å². The zero-order chi connectivity index (χ0) is 11.8. The van der Waals surface area contributed by atoms with Crippen molar-refractivity contribution in [1.82, 2.24) is 10.2 Å². The maximum Gasteiger partial charge on any atom is 0.317 e. The Labute approximate surface area is 98.3 Å². The van der Waals surface area contributed by atoms with Crippen LogP contribution in [0.4, 0.5) is 4.79 Å². The van der Waals surface area contributed by atoms with E-state index < -0.39 is 0 Å². The number of nitrogens with zero attached hydrogens (tertiary/aromatic N) is 1. The van der Waals surface area contributed by atoms with Gasteiger partial charge in [-0.3, -0.25) is 0 Å². The summed E-state index contributed by atoms with van der Waals surface area (Å²) in [6, 6.07) is 0.0993. The van der Waals surface area contributed by atoms with Gasteiger partial charge < -0.3 is 15.0 Å². The van der Waals surface area contributed by atoms with Crippen LogP contribution in [-0.2, 0) is 4.74 Å². The summed E-state index contributed by atoms with van der Waals surface area (Å²) in [5.74, 6) is 0. The van der Waals surface area contributed by atoms with Crippen molar-refractivity contribution in [3.63, 3.8) is 0 Å². The first-order valence-corrected chi connectivity index (χ1v) is 6.34. The van der Waals surface area contributed by atoms with Crippen LogP contribution in [-0.4, -0.2) is 43.3 Å². The predicted octanol–water partition coefficient (Wildman–Crippen LogP) is 2.00. The minimum Gasteiger partial charge on any atom is -0.379 e. The summed E-state index contributed by atoms with van der Waals surface area (Å²) in [7, 11) is 0. The number of carbonyl (C=O) groups is 1. The molecule has 0 aromatic heterocycles. The van der Waals surface area contributed by atoms with Gasteiger partial charge in [-0.15, -0.1) is 0 Å². The van der Waals surface area contributed by atoms with Crippen LogP contribution in [0.25, 0.3) is 0 Å². The van der Waals surface area contributed by atoms with Crippen molar-refractivity contribution >= 4 is 6.03 Å². The van der Waals surface area contributed by atoms with Crippen LogP contribution in [0.3, 0.4) is 0 Å². The summed E-state index contributed by atoms with van der Waals surface area (Å²) in [6.45, 7) is 7.46. The highest BCUT2D eigenvalue weighted by Gasteiger charge is 2.16. The van der Waals surface area contributed by atoms with Crippen LogP contribution < -0.4 is 5.32 Å². The maximum atomic E-state index is 11.6. The Morgan fingerprint density at radius 2 is 2.00 bits per heavy atom. The Kier molecular flexibility index (Phi) is 6.23. The van der Waals surface area contributed by atoms with Gasteiger partial charge in [-0.05, 0) is 39.5 Å². The summed E-state index contributed by atoms with van der Waals surface area (Å²) in [4.78, 5) is 13.5. The Morgan fingerprint density at radius 3 is 2.62 bits per heavy atom. The van der Waals surface area contributed by atoms with Crippen LogP contribution in [0.2, 0.25) is 0 Å². The molecule has 2 amide bonds. The Bertz CT molecular complexity index is 201. The fourth-order valence-corrected chi connectivity index (χ4v) is 1.77. The average molecular weight is 228 g/mol. The van der Waals surface area contributed by atoms with Gasteiger partial charge in [0, 0.05) is 26.2 Å². The molecule has 0 aromatic rings. The minimum atomic E-state index is 0.0993. The molecule has 1 heterocycles. The number of amides is 2. The van der Waals surface area contributed by atoms with Crippen molar-refractivity contribution in [2.75, 3.05) is 26.2 Å². The zero-order valence-corrected chi connectivity index (χ0v) is 10.5. The third-order valence-electron chi connectivity index (χ3n) is 2.69. The molecular weight excluding hydrogens is 204 g/mol. The van der Waals surface area contributed by atoms with Crippen molar-refractivity contribution in [3.8, 4) is 0 Å². The molecule has 4 heteroatoms. The lowest BCUT2D eigenvalue weighted by atomic mass is 10.3. The Balaban J connectivity index is 1.92. The first-order valence-electron chi connectivity index (χ1n) is 6.34. The van der Waals surface area contributed by atoms with E-state index in [1.165, 1.54) is 0 Å². The number of rotatable bonds is 6. The molecule has 1 aliphatic rings. The summed E-state index contributed by atoms with van der Waals surface area (Å²) in [5.41, 5.74) is 0. The molecule has 0 radical (unpaired) electrons. The summed E-state index contributed by atoms with van der Waals surface area (Å²) in [6.07, 6.45) is 4.61. The second-order valence-electron chi connectivity index (χ2n) is 4.55. The second kappa shape index (κ2) is 7.49. The smallest absolute Gasteiger partial charge is 0.317 e. The summed E-state index contributed by atoms with van der Waals surface area (Å²) >= 11 is 0. The lowest BCUT2D eigenvalue weighted by molar-refractivity contribution is 0.0760.